The van der Waals surface area contributed by atoms with Crippen LogP contribution in [0.4, 0.5) is 17.1 Å². The van der Waals surface area contributed by atoms with Crippen LogP contribution in [0, 0.1) is 10.1 Å². The van der Waals surface area contributed by atoms with Gasteiger partial charge in [0.15, 0.2) is 0 Å². The van der Waals surface area contributed by atoms with Crippen LogP contribution in [0.25, 0.3) is 0 Å². The highest BCUT2D eigenvalue weighted by Gasteiger charge is 2.30. The number of morpholine rings is 1. The molecule has 0 radical (unpaired) electrons. The fraction of sp³-hybridized carbons (Fsp3) is 0.462. The number of rotatable bonds is 4. The van der Waals surface area contributed by atoms with Gasteiger partial charge >= 0.3 is 0 Å². The monoisotopic (exact) mass is 294 g/mol. The Labute approximate surface area is 122 Å². The number of nitro groups is 1. The summed E-state index contributed by atoms with van der Waals surface area (Å²) in [4.78, 5) is 24.2. The van der Waals surface area contributed by atoms with E-state index in [-0.39, 0.29) is 23.9 Å². The molecule has 0 bridgehead atoms. The van der Waals surface area contributed by atoms with Gasteiger partial charge in [-0.2, -0.15) is 0 Å². The Bertz CT molecular complexity index is 549. The zero-order chi connectivity index (χ0) is 15.4. The molecule has 1 heterocycles. The van der Waals surface area contributed by atoms with Crippen LogP contribution in [0.1, 0.15) is 6.92 Å². The lowest BCUT2D eigenvalue weighted by Crippen LogP contribution is -2.54. The van der Waals surface area contributed by atoms with Crippen LogP contribution in [-0.4, -0.2) is 43.2 Å². The number of benzene rings is 1. The van der Waals surface area contributed by atoms with E-state index in [0.717, 1.165) is 0 Å². The van der Waals surface area contributed by atoms with Crippen molar-refractivity contribution in [2.24, 2.45) is 0 Å². The predicted octanol–water partition coefficient (Wildman–Crippen LogP) is 0.518. The number of nitro benzene ring substituents is 1. The Morgan fingerprint density at radius 1 is 1.62 bits per heavy atom. The van der Waals surface area contributed by atoms with Crippen molar-refractivity contribution in [3.05, 3.63) is 28.3 Å². The third-order valence-corrected chi connectivity index (χ3v) is 3.31. The van der Waals surface area contributed by atoms with Crippen molar-refractivity contribution >= 4 is 23.0 Å². The van der Waals surface area contributed by atoms with Gasteiger partial charge in [0.2, 0.25) is 5.91 Å². The minimum absolute atomic E-state index is 0.0703. The topological polar surface area (TPSA) is 111 Å². The first-order chi connectivity index (χ1) is 10.0. The number of amides is 1. The molecule has 1 fully saturated rings. The summed E-state index contributed by atoms with van der Waals surface area (Å²) in [5.41, 5.74) is 6.73. The molecule has 8 heteroatoms. The van der Waals surface area contributed by atoms with Crippen molar-refractivity contribution in [2.75, 3.05) is 36.9 Å². The lowest BCUT2D eigenvalue weighted by Gasteiger charge is -2.36. The van der Waals surface area contributed by atoms with Gasteiger partial charge < -0.3 is 20.7 Å². The summed E-state index contributed by atoms with van der Waals surface area (Å²) >= 11 is 0. The van der Waals surface area contributed by atoms with Gasteiger partial charge in [-0.1, -0.05) is 0 Å². The Kier molecular flexibility index (Phi) is 4.59. The molecule has 0 spiro atoms. The molecule has 8 nitrogen and oxygen atoms in total. The third-order valence-electron chi connectivity index (χ3n) is 3.31. The number of non-ortho nitro benzene ring substituents is 1. The molecule has 1 atom stereocenters. The number of ether oxygens (including phenoxy) is 1. The smallest absolute Gasteiger partial charge is 0.271 e. The molecular weight excluding hydrogens is 276 g/mol. The Balaban J connectivity index is 2.29. The quantitative estimate of drug-likeness (QED) is 0.476. The molecule has 114 valence electrons. The standard InChI is InChI=1S/C13H18N4O4/c1-2-15-13(18)12-8-21-6-5-16(12)11-4-3-9(17(19)20)7-10(11)14/h3-4,7,12H,2,5-6,8,14H2,1H3,(H,15,18). The molecule has 1 aliphatic heterocycles. The molecule has 21 heavy (non-hydrogen) atoms. The number of nitrogen functional groups attached to an aromatic ring is 1. The van der Waals surface area contributed by atoms with Crippen molar-refractivity contribution in [1.82, 2.24) is 5.32 Å². The summed E-state index contributed by atoms with van der Waals surface area (Å²) < 4.78 is 5.35. The third kappa shape index (κ3) is 3.22. The first-order valence-corrected chi connectivity index (χ1v) is 6.70. The first kappa shape index (κ1) is 15.0. The van der Waals surface area contributed by atoms with Crippen LogP contribution in [-0.2, 0) is 9.53 Å². The van der Waals surface area contributed by atoms with Crippen LogP contribution in [0.2, 0.25) is 0 Å². The van der Waals surface area contributed by atoms with Gasteiger partial charge in [0.25, 0.3) is 5.69 Å². The summed E-state index contributed by atoms with van der Waals surface area (Å²) in [6.45, 7) is 3.61. The predicted molar refractivity (Wildman–Crippen MR) is 78.1 cm³/mol. The van der Waals surface area contributed by atoms with Crippen LogP contribution in [0.3, 0.4) is 0 Å². The summed E-state index contributed by atoms with van der Waals surface area (Å²) in [6.07, 6.45) is 0. The highest BCUT2D eigenvalue weighted by atomic mass is 16.6. The lowest BCUT2D eigenvalue weighted by molar-refractivity contribution is -0.384. The van der Waals surface area contributed by atoms with Gasteiger partial charge in [-0.25, -0.2) is 0 Å². The number of carbonyl (C=O) groups excluding carboxylic acids is 1. The molecule has 0 aromatic heterocycles. The molecule has 1 aliphatic rings. The molecular formula is C13H18N4O4. The maximum Gasteiger partial charge on any atom is 0.271 e. The average Bonchev–Trinajstić information content (AvgIpc) is 2.47. The number of nitrogens with one attached hydrogen (secondary N) is 1. The van der Waals surface area contributed by atoms with E-state index >= 15 is 0 Å². The van der Waals surface area contributed by atoms with E-state index in [1.54, 1.807) is 6.07 Å². The highest BCUT2D eigenvalue weighted by molar-refractivity contribution is 5.87. The SMILES string of the molecule is CCNC(=O)C1COCCN1c1ccc([N+](=O)[O-])cc1N. The summed E-state index contributed by atoms with van der Waals surface area (Å²) in [5, 5.41) is 13.5. The first-order valence-electron chi connectivity index (χ1n) is 6.70. The summed E-state index contributed by atoms with van der Waals surface area (Å²) in [6, 6.07) is 3.78. The van der Waals surface area contributed by atoms with Gasteiger partial charge in [0, 0.05) is 25.2 Å². The number of nitrogens with two attached hydrogens (primary N) is 1. The van der Waals surface area contributed by atoms with Crippen molar-refractivity contribution < 1.29 is 14.5 Å². The fourth-order valence-electron chi connectivity index (χ4n) is 2.32. The molecule has 1 aromatic carbocycles. The van der Waals surface area contributed by atoms with Crippen LogP contribution in [0.5, 0.6) is 0 Å². The van der Waals surface area contributed by atoms with Gasteiger partial charge in [-0.05, 0) is 13.0 Å². The number of likely N-dealkylation sites (N-methyl/N-ethyl adjacent to an activating group) is 1. The second kappa shape index (κ2) is 6.40. The van der Waals surface area contributed by atoms with Crippen LogP contribution >= 0.6 is 0 Å². The summed E-state index contributed by atoms with van der Waals surface area (Å²) in [7, 11) is 0. The molecule has 1 aromatic rings. The molecule has 1 amide bonds. The summed E-state index contributed by atoms with van der Waals surface area (Å²) in [5.74, 6) is -0.144. The Morgan fingerprint density at radius 3 is 3.00 bits per heavy atom. The fourth-order valence-corrected chi connectivity index (χ4v) is 2.32. The highest BCUT2D eigenvalue weighted by Crippen LogP contribution is 2.30. The van der Waals surface area contributed by atoms with Crippen LogP contribution < -0.4 is 16.0 Å². The van der Waals surface area contributed by atoms with E-state index < -0.39 is 11.0 Å². The average molecular weight is 294 g/mol. The maximum absolute atomic E-state index is 12.1. The van der Waals surface area contributed by atoms with Crippen LogP contribution in [0.15, 0.2) is 18.2 Å². The normalized spacial score (nSPS) is 18.3. The Hall–Kier alpha value is -2.35. The minimum atomic E-state index is -0.499. The van der Waals surface area contributed by atoms with Gasteiger partial charge in [0.05, 0.1) is 29.5 Å². The number of hydrogen-bond donors (Lipinski definition) is 2. The lowest BCUT2D eigenvalue weighted by atomic mass is 10.1. The number of anilines is 2. The molecule has 0 saturated carbocycles. The van der Waals surface area contributed by atoms with Gasteiger partial charge in [-0.15, -0.1) is 0 Å². The van der Waals surface area contributed by atoms with Crippen molar-refractivity contribution in [3.63, 3.8) is 0 Å². The number of hydrogen-bond acceptors (Lipinski definition) is 6. The van der Waals surface area contributed by atoms with Crippen molar-refractivity contribution in [2.45, 2.75) is 13.0 Å². The van der Waals surface area contributed by atoms with E-state index in [1.807, 2.05) is 11.8 Å². The molecule has 3 N–H and O–H groups in total. The molecule has 2 rings (SSSR count). The van der Waals surface area contributed by atoms with E-state index in [1.165, 1.54) is 12.1 Å². The van der Waals surface area contributed by atoms with E-state index in [0.29, 0.717) is 25.4 Å². The zero-order valence-corrected chi connectivity index (χ0v) is 11.7. The molecule has 1 unspecified atom stereocenters. The van der Waals surface area contributed by atoms with Crippen molar-refractivity contribution in [3.8, 4) is 0 Å². The van der Waals surface area contributed by atoms with Crippen molar-refractivity contribution in [1.29, 1.82) is 0 Å². The van der Waals surface area contributed by atoms with Gasteiger partial charge in [-0.3, -0.25) is 14.9 Å². The second-order valence-corrected chi connectivity index (χ2v) is 4.68. The largest absolute Gasteiger partial charge is 0.397 e. The number of nitrogens with zero attached hydrogens (tertiary/aromatic N) is 2. The van der Waals surface area contributed by atoms with E-state index in [9.17, 15) is 14.9 Å². The van der Waals surface area contributed by atoms with Gasteiger partial charge in [0.1, 0.15) is 6.04 Å². The molecule has 1 saturated heterocycles. The van der Waals surface area contributed by atoms with E-state index in [2.05, 4.69) is 5.32 Å². The van der Waals surface area contributed by atoms with E-state index in [4.69, 9.17) is 10.5 Å². The Morgan fingerprint density at radius 2 is 2.38 bits per heavy atom. The minimum Gasteiger partial charge on any atom is -0.397 e. The maximum atomic E-state index is 12.1. The zero-order valence-electron chi connectivity index (χ0n) is 11.7. The second-order valence-electron chi connectivity index (χ2n) is 4.68. The number of carbonyl (C=O) groups is 1. The molecule has 0 aliphatic carbocycles.